The Hall–Kier alpha value is -1.20. The SMILES string of the molecule is CC12CCC(C1)C(C)(C)C2Nc1cc(C#N)ccc1Cl. The lowest BCUT2D eigenvalue weighted by Gasteiger charge is -2.43. The number of rotatable bonds is 2. The zero-order valence-corrected chi connectivity index (χ0v) is 13.1. The lowest BCUT2D eigenvalue weighted by atomic mass is 9.68. The van der Waals surface area contributed by atoms with Gasteiger partial charge in [-0.1, -0.05) is 32.4 Å². The van der Waals surface area contributed by atoms with E-state index in [-0.39, 0.29) is 5.41 Å². The van der Waals surface area contributed by atoms with Crippen LogP contribution in [0.25, 0.3) is 0 Å². The predicted octanol–water partition coefficient (Wildman–Crippen LogP) is 4.84. The second-order valence-electron chi connectivity index (χ2n) is 7.30. The van der Waals surface area contributed by atoms with Gasteiger partial charge in [-0.3, -0.25) is 0 Å². The van der Waals surface area contributed by atoms with Crippen molar-refractivity contribution >= 4 is 17.3 Å². The van der Waals surface area contributed by atoms with Gasteiger partial charge in [0, 0.05) is 6.04 Å². The first-order valence-corrected chi connectivity index (χ1v) is 7.71. The molecule has 2 bridgehead atoms. The molecule has 1 N–H and O–H groups in total. The van der Waals surface area contributed by atoms with Gasteiger partial charge in [0.1, 0.15) is 0 Å². The fourth-order valence-electron chi connectivity index (χ4n) is 4.52. The van der Waals surface area contributed by atoms with E-state index in [1.165, 1.54) is 19.3 Å². The molecule has 2 nitrogen and oxygen atoms in total. The predicted molar refractivity (Wildman–Crippen MR) is 82.8 cm³/mol. The Bertz CT molecular complexity index is 582. The maximum absolute atomic E-state index is 9.05. The highest BCUT2D eigenvalue weighted by atomic mass is 35.5. The van der Waals surface area contributed by atoms with Gasteiger partial charge in [-0.25, -0.2) is 0 Å². The van der Waals surface area contributed by atoms with Crippen LogP contribution >= 0.6 is 11.6 Å². The highest BCUT2D eigenvalue weighted by Crippen LogP contribution is 2.63. The molecule has 3 atom stereocenters. The van der Waals surface area contributed by atoms with Crippen LogP contribution in [-0.2, 0) is 0 Å². The van der Waals surface area contributed by atoms with E-state index in [1.54, 1.807) is 6.07 Å². The zero-order valence-electron chi connectivity index (χ0n) is 12.3. The maximum atomic E-state index is 9.05. The number of nitrogens with zero attached hydrogens (tertiary/aromatic N) is 1. The van der Waals surface area contributed by atoms with Crippen LogP contribution in [0, 0.1) is 28.1 Å². The standard InChI is InChI=1S/C17H21ClN2/c1-16(2)12-6-7-17(3,9-12)15(16)20-14-8-11(10-19)4-5-13(14)18/h4-5,8,12,15,20H,6-7,9H2,1-3H3. The maximum Gasteiger partial charge on any atom is 0.0992 e. The van der Waals surface area contributed by atoms with Crippen LogP contribution in [-0.4, -0.2) is 6.04 Å². The molecule has 2 saturated carbocycles. The van der Waals surface area contributed by atoms with Gasteiger partial charge >= 0.3 is 0 Å². The van der Waals surface area contributed by atoms with Crippen LogP contribution in [0.2, 0.25) is 5.02 Å². The van der Waals surface area contributed by atoms with E-state index in [4.69, 9.17) is 16.9 Å². The fourth-order valence-corrected chi connectivity index (χ4v) is 4.70. The molecule has 0 amide bonds. The van der Waals surface area contributed by atoms with E-state index < -0.39 is 0 Å². The molecule has 3 heteroatoms. The Morgan fingerprint density at radius 2 is 2.10 bits per heavy atom. The number of nitriles is 1. The third kappa shape index (κ3) is 1.91. The minimum Gasteiger partial charge on any atom is -0.380 e. The van der Waals surface area contributed by atoms with Gasteiger partial charge in [0.2, 0.25) is 0 Å². The van der Waals surface area contributed by atoms with Crippen LogP contribution in [0.4, 0.5) is 5.69 Å². The van der Waals surface area contributed by atoms with Crippen molar-refractivity contribution in [1.29, 1.82) is 5.26 Å². The van der Waals surface area contributed by atoms with Gasteiger partial charge < -0.3 is 5.32 Å². The third-order valence-corrected chi connectivity index (χ3v) is 5.99. The van der Waals surface area contributed by atoms with E-state index in [0.717, 1.165) is 11.6 Å². The molecule has 20 heavy (non-hydrogen) atoms. The molecular formula is C17H21ClN2. The number of fused-ring (bicyclic) bond motifs is 2. The van der Waals surface area contributed by atoms with E-state index in [2.05, 4.69) is 32.2 Å². The van der Waals surface area contributed by atoms with E-state index in [0.29, 0.717) is 22.0 Å². The minimum atomic E-state index is 0.277. The fraction of sp³-hybridized carbons (Fsp3) is 0.588. The van der Waals surface area contributed by atoms with Crippen molar-refractivity contribution in [3.63, 3.8) is 0 Å². The van der Waals surface area contributed by atoms with Crippen molar-refractivity contribution in [2.24, 2.45) is 16.7 Å². The van der Waals surface area contributed by atoms with Crippen molar-refractivity contribution in [2.45, 2.75) is 46.1 Å². The summed E-state index contributed by atoms with van der Waals surface area (Å²) in [5.41, 5.74) is 2.18. The summed E-state index contributed by atoms with van der Waals surface area (Å²) in [6.07, 6.45) is 3.93. The van der Waals surface area contributed by atoms with Crippen molar-refractivity contribution in [2.75, 3.05) is 5.32 Å². The van der Waals surface area contributed by atoms with Crippen molar-refractivity contribution in [3.05, 3.63) is 28.8 Å². The lowest BCUT2D eigenvalue weighted by Crippen LogP contribution is -2.45. The summed E-state index contributed by atoms with van der Waals surface area (Å²) in [7, 11) is 0. The molecule has 2 aliphatic rings. The Labute approximate surface area is 126 Å². The van der Waals surface area contributed by atoms with Gasteiger partial charge in [-0.15, -0.1) is 0 Å². The third-order valence-electron chi connectivity index (χ3n) is 5.67. The van der Waals surface area contributed by atoms with Gasteiger partial charge in [0.25, 0.3) is 0 Å². The number of hydrogen-bond donors (Lipinski definition) is 1. The largest absolute Gasteiger partial charge is 0.380 e. The Kier molecular flexibility index (Phi) is 3.03. The summed E-state index contributed by atoms with van der Waals surface area (Å²) in [5, 5.41) is 13.4. The molecule has 2 fully saturated rings. The lowest BCUT2D eigenvalue weighted by molar-refractivity contribution is 0.155. The summed E-state index contributed by atoms with van der Waals surface area (Å²) in [5.74, 6) is 0.794. The van der Waals surface area contributed by atoms with Crippen molar-refractivity contribution < 1.29 is 0 Å². The average Bonchev–Trinajstić information content (AvgIpc) is 2.88. The summed E-state index contributed by atoms with van der Waals surface area (Å²) >= 11 is 6.30. The second kappa shape index (κ2) is 4.40. The minimum absolute atomic E-state index is 0.277. The number of benzene rings is 1. The topological polar surface area (TPSA) is 35.8 Å². The second-order valence-corrected chi connectivity index (χ2v) is 7.71. The molecule has 0 aliphatic heterocycles. The van der Waals surface area contributed by atoms with Crippen LogP contribution < -0.4 is 5.32 Å². The molecule has 0 spiro atoms. The van der Waals surface area contributed by atoms with E-state index in [9.17, 15) is 0 Å². The number of hydrogen-bond acceptors (Lipinski definition) is 2. The summed E-state index contributed by atoms with van der Waals surface area (Å²) in [4.78, 5) is 0. The quantitative estimate of drug-likeness (QED) is 0.845. The van der Waals surface area contributed by atoms with Crippen LogP contribution in [0.1, 0.15) is 45.6 Å². The monoisotopic (exact) mass is 288 g/mol. The summed E-state index contributed by atoms with van der Waals surface area (Å²) in [6.45, 7) is 7.12. The smallest absolute Gasteiger partial charge is 0.0992 e. The molecule has 0 saturated heterocycles. The first kappa shape index (κ1) is 13.8. The number of anilines is 1. The Balaban J connectivity index is 1.94. The van der Waals surface area contributed by atoms with Gasteiger partial charge in [-0.05, 0) is 54.2 Å². The van der Waals surface area contributed by atoms with Crippen molar-refractivity contribution in [1.82, 2.24) is 0 Å². The molecule has 0 aromatic heterocycles. The van der Waals surface area contributed by atoms with Gasteiger partial charge in [0.05, 0.1) is 22.3 Å². The molecule has 1 aromatic rings. The Morgan fingerprint density at radius 3 is 2.70 bits per heavy atom. The van der Waals surface area contributed by atoms with Gasteiger partial charge in [0.15, 0.2) is 0 Å². The highest BCUT2D eigenvalue weighted by Gasteiger charge is 2.59. The highest BCUT2D eigenvalue weighted by molar-refractivity contribution is 6.33. The number of nitrogens with one attached hydrogen (secondary N) is 1. The van der Waals surface area contributed by atoms with Crippen LogP contribution in [0.5, 0.6) is 0 Å². The molecule has 0 heterocycles. The molecule has 3 rings (SSSR count). The summed E-state index contributed by atoms with van der Waals surface area (Å²) in [6, 6.07) is 8.05. The molecule has 2 aliphatic carbocycles. The Morgan fingerprint density at radius 1 is 1.35 bits per heavy atom. The van der Waals surface area contributed by atoms with E-state index >= 15 is 0 Å². The number of halogens is 1. The first-order chi connectivity index (χ1) is 9.37. The molecule has 106 valence electrons. The molecule has 3 unspecified atom stereocenters. The van der Waals surface area contributed by atoms with Crippen molar-refractivity contribution in [3.8, 4) is 6.07 Å². The first-order valence-electron chi connectivity index (χ1n) is 7.33. The van der Waals surface area contributed by atoms with Crippen LogP contribution in [0.3, 0.4) is 0 Å². The normalized spacial score (nSPS) is 34.0. The zero-order chi connectivity index (χ0) is 14.5. The average molecular weight is 289 g/mol. The van der Waals surface area contributed by atoms with Gasteiger partial charge in [-0.2, -0.15) is 5.26 Å². The molecular weight excluding hydrogens is 268 g/mol. The molecule has 1 aromatic carbocycles. The van der Waals surface area contributed by atoms with Crippen LogP contribution in [0.15, 0.2) is 18.2 Å². The molecule has 0 radical (unpaired) electrons. The van der Waals surface area contributed by atoms with E-state index in [1.807, 2.05) is 12.1 Å². The summed E-state index contributed by atoms with van der Waals surface area (Å²) < 4.78 is 0.